The second-order valence-corrected chi connectivity index (χ2v) is 3.16. The average Bonchev–Trinajstić information content (AvgIpc) is 2.65. The fourth-order valence-electron chi connectivity index (χ4n) is 0.757. The van der Waals surface area contributed by atoms with Gasteiger partial charge in [-0.15, -0.1) is 39.5 Å². The zero-order valence-electron chi connectivity index (χ0n) is 14.7. The van der Waals surface area contributed by atoms with E-state index in [1.54, 1.807) is 0 Å². The topological polar surface area (TPSA) is 84.2 Å². The maximum atomic E-state index is 10.5. The van der Waals surface area contributed by atoms with E-state index >= 15 is 0 Å². The Bertz CT molecular complexity index is 251. The Hall–Kier alpha value is -2.40. The van der Waals surface area contributed by atoms with Crippen LogP contribution in [0.25, 0.3) is 0 Å². The number of carbonyl (C=O) groups is 2. The minimum absolute atomic E-state index is 0.0930. The standard InChI is InChI=1S/C7H10N2O2.C5H13N.3C2H4/c1-3-6(10)8-5-9-7(11)4-2;1-2-3-4-5-6;3*1-2/h3-4H,1-2,5H2,(H,8,10)(H,9,11);2-6H2,1H3;3*1-2H2. The van der Waals surface area contributed by atoms with Crippen LogP contribution in [0, 0.1) is 0 Å². The SMILES string of the molecule is C=C.C=C.C=C.C=CC(=O)NCNC(=O)C=C.CCCCCN. The predicted octanol–water partition coefficient (Wildman–Crippen LogP) is 3.09. The third kappa shape index (κ3) is 54.0. The maximum absolute atomic E-state index is 10.5. The van der Waals surface area contributed by atoms with Crippen molar-refractivity contribution < 1.29 is 9.59 Å². The van der Waals surface area contributed by atoms with E-state index in [0.29, 0.717) is 0 Å². The number of amides is 2. The largest absolute Gasteiger partial charge is 0.335 e. The summed E-state index contributed by atoms with van der Waals surface area (Å²) in [4.78, 5) is 21.0. The first-order chi connectivity index (χ1) is 11.1. The van der Waals surface area contributed by atoms with E-state index < -0.39 is 0 Å². The Morgan fingerprint density at radius 2 is 1.22 bits per heavy atom. The fourth-order valence-corrected chi connectivity index (χ4v) is 0.757. The van der Waals surface area contributed by atoms with Gasteiger partial charge in [0.1, 0.15) is 0 Å². The number of unbranched alkanes of at least 4 members (excludes halogenated alkanes) is 2. The predicted molar refractivity (Wildman–Crippen MR) is 104 cm³/mol. The molecule has 0 aromatic rings. The molecule has 23 heavy (non-hydrogen) atoms. The zero-order valence-corrected chi connectivity index (χ0v) is 14.7. The Balaban J connectivity index is -0.0000000762. The van der Waals surface area contributed by atoms with Gasteiger partial charge in [0.15, 0.2) is 0 Å². The third-order valence-corrected chi connectivity index (χ3v) is 1.70. The number of rotatable bonds is 7. The second kappa shape index (κ2) is 42.7. The van der Waals surface area contributed by atoms with Crippen molar-refractivity contribution >= 4 is 11.8 Å². The number of hydrogen-bond acceptors (Lipinski definition) is 3. The molecular weight excluding hydrogens is 290 g/mol. The second-order valence-electron chi connectivity index (χ2n) is 3.16. The van der Waals surface area contributed by atoms with Crippen LogP contribution in [0.4, 0.5) is 0 Å². The molecule has 0 aliphatic heterocycles. The highest BCUT2D eigenvalue weighted by Gasteiger charge is 1.93. The monoisotopic (exact) mass is 325 g/mol. The number of nitrogens with one attached hydrogen (secondary N) is 2. The van der Waals surface area contributed by atoms with Crippen molar-refractivity contribution in [2.45, 2.75) is 26.2 Å². The highest BCUT2D eigenvalue weighted by molar-refractivity contribution is 5.89. The summed E-state index contributed by atoms with van der Waals surface area (Å²) in [5.74, 6) is -0.649. The van der Waals surface area contributed by atoms with Gasteiger partial charge in [0, 0.05) is 0 Å². The average molecular weight is 325 g/mol. The normalized spacial score (nSPS) is 6.70. The third-order valence-electron chi connectivity index (χ3n) is 1.70. The van der Waals surface area contributed by atoms with E-state index in [0.717, 1.165) is 18.7 Å². The number of nitrogens with two attached hydrogens (primary N) is 1. The molecule has 0 aliphatic rings. The molecule has 0 aromatic heterocycles. The van der Waals surface area contributed by atoms with E-state index in [1.807, 2.05) is 0 Å². The van der Waals surface area contributed by atoms with Crippen LogP contribution in [0.5, 0.6) is 0 Å². The van der Waals surface area contributed by atoms with Crippen LogP contribution in [-0.2, 0) is 9.59 Å². The molecule has 0 bridgehead atoms. The molecule has 134 valence electrons. The van der Waals surface area contributed by atoms with Gasteiger partial charge in [-0.2, -0.15) is 0 Å². The molecule has 0 radical (unpaired) electrons. The van der Waals surface area contributed by atoms with E-state index in [4.69, 9.17) is 5.73 Å². The van der Waals surface area contributed by atoms with Crippen molar-refractivity contribution in [1.29, 1.82) is 0 Å². The van der Waals surface area contributed by atoms with Crippen molar-refractivity contribution in [1.82, 2.24) is 10.6 Å². The lowest BCUT2D eigenvalue weighted by Crippen LogP contribution is -2.35. The van der Waals surface area contributed by atoms with Crippen molar-refractivity contribution in [2.75, 3.05) is 13.2 Å². The van der Waals surface area contributed by atoms with Gasteiger partial charge in [-0.25, -0.2) is 0 Å². The van der Waals surface area contributed by atoms with Crippen LogP contribution in [-0.4, -0.2) is 25.0 Å². The lowest BCUT2D eigenvalue weighted by atomic mass is 10.3. The summed E-state index contributed by atoms with van der Waals surface area (Å²) in [5, 5.41) is 4.72. The van der Waals surface area contributed by atoms with Gasteiger partial charge in [-0.1, -0.05) is 32.9 Å². The van der Waals surface area contributed by atoms with Crippen LogP contribution in [0.2, 0.25) is 0 Å². The van der Waals surface area contributed by atoms with Crippen LogP contribution < -0.4 is 16.4 Å². The summed E-state index contributed by atoms with van der Waals surface area (Å²) in [6.45, 7) is 27.6. The molecule has 0 atom stereocenters. The lowest BCUT2D eigenvalue weighted by molar-refractivity contribution is -0.118. The maximum Gasteiger partial charge on any atom is 0.244 e. The minimum atomic E-state index is -0.325. The molecule has 0 saturated carbocycles. The highest BCUT2D eigenvalue weighted by Crippen LogP contribution is 1.88. The van der Waals surface area contributed by atoms with E-state index in [2.05, 4.69) is 70.2 Å². The molecule has 2 amide bonds. The first-order valence-electron chi connectivity index (χ1n) is 7.12. The van der Waals surface area contributed by atoms with Gasteiger partial charge in [-0.3, -0.25) is 9.59 Å². The summed E-state index contributed by atoms with van der Waals surface area (Å²) < 4.78 is 0. The Morgan fingerprint density at radius 3 is 1.39 bits per heavy atom. The fraction of sp³-hybridized carbons (Fsp3) is 0.333. The Kier molecular flexibility index (Phi) is 60.4. The molecule has 5 nitrogen and oxygen atoms in total. The van der Waals surface area contributed by atoms with Crippen LogP contribution in [0.15, 0.2) is 64.8 Å². The van der Waals surface area contributed by atoms with Gasteiger partial charge < -0.3 is 16.4 Å². The van der Waals surface area contributed by atoms with Gasteiger partial charge in [-0.05, 0) is 25.1 Å². The van der Waals surface area contributed by atoms with Gasteiger partial charge in [0.2, 0.25) is 11.8 Å². The molecule has 0 unspecified atom stereocenters. The molecule has 0 spiro atoms. The van der Waals surface area contributed by atoms with Gasteiger partial charge in [0.05, 0.1) is 6.67 Å². The molecule has 0 saturated heterocycles. The summed E-state index contributed by atoms with van der Waals surface area (Å²) in [6, 6.07) is 0. The molecule has 0 aliphatic carbocycles. The summed E-state index contributed by atoms with van der Waals surface area (Å²) in [7, 11) is 0. The lowest BCUT2D eigenvalue weighted by Gasteiger charge is -2.01. The molecule has 5 heteroatoms. The first-order valence-corrected chi connectivity index (χ1v) is 7.12. The molecule has 0 rings (SSSR count). The van der Waals surface area contributed by atoms with Crippen molar-refractivity contribution in [3.63, 3.8) is 0 Å². The molecular formula is C18H35N3O2. The molecule has 4 N–H and O–H groups in total. The van der Waals surface area contributed by atoms with Gasteiger partial charge >= 0.3 is 0 Å². The molecule has 0 fully saturated rings. The quantitative estimate of drug-likeness (QED) is 0.291. The number of carbonyl (C=O) groups excluding carboxylic acids is 2. The smallest absolute Gasteiger partial charge is 0.244 e. The van der Waals surface area contributed by atoms with Crippen molar-refractivity contribution in [3.8, 4) is 0 Å². The summed E-state index contributed by atoms with van der Waals surface area (Å²) in [6.07, 6.45) is 6.00. The van der Waals surface area contributed by atoms with Crippen LogP contribution >= 0.6 is 0 Å². The van der Waals surface area contributed by atoms with E-state index in [1.165, 1.54) is 19.3 Å². The Morgan fingerprint density at radius 1 is 0.870 bits per heavy atom. The van der Waals surface area contributed by atoms with Crippen LogP contribution in [0.1, 0.15) is 26.2 Å². The first kappa shape index (κ1) is 32.5. The number of hydrogen-bond donors (Lipinski definition) is 3. The Labute approximate surface area is 142 Å². The van der Waals surface area contributed by atoms with Crippen molar-refractivity contribution in [2.24, 2.45) is 5.73 Å². The van der Waals surface area contributed by atoms with Crippen molar-refractivity contribution in [3.05, 3.63) is 64.8 Å². The highest BCUT2D eigenvalue weighted by atomic mass is 16.2. The summed E-state index contributed by atoms with van der Waals surface area (Å²) in [5.41, 5.74) is 5.21. The van der Waals surface area contributed by atoms with Crippen LogP contribution in [0.3, 0.4) is 0 Å². The molecule has 0 aromatic carbocycles. The summed E-state index contributed by atoms with van der Waals surface area (Å²) >= 11 is 0. The zero-order chi connectivity index (χ0) is 19.5. The minimum Gasteiger partial charge on any atom is -0.335 e. The molecule has 0 heterocycles. The van der Waals surface area contributed by atoms with E-state index in [-0.39, 0.29) is 18.5 Å². The van der Waals surface area contributed by atoms with E-state index in [9.17, 15) is 9.59 Å². The van der Waals surface area contributed by atoms with Gasteiger partial charge in [0.25, 0.3) is 0 Å².